The zero-order valence-electron chi connectivity index (χ0n) is 12.3. The molecule has 8 heteroatoms. The molecule has 0 aliphatic carbocycles. The highest BCUT2D eigenvalue weighted by atomic mass is 32.2. The van der Waals surface area contributed by atoms with Crippen molar-refractivity contribution in [1.29, 1.82) is 0 Å². The van der Waals surface area contributed by atoms with Crippen LogP contribution in [0.5, 0.6) is 0 Å². The summed E-state index contributed by atoms with van der Waals surface area (Å²) in [6.07, 6.45) is 0. The SMILES string of the molecule is CCn1c(S[C@@H](C)C(=O)NC(N)=O)nnc1-c1ccccc1. The van der Waals surface area contributed by atoms with Gasteiger partial charge in [0, 0.05) is 12.1 Å². The van der Waals surface area contributed by atoms with Crippen LogP contribution in [0, 0.1) is 0 Å². The largest absolute Gasteiger partial charge is 0.351 e. The van der Waals surface area contributed by atoms with Crippen molar-refractivity contribution in [3.63, 3.8) is 0 Å². The maximum absolute atomic E-state index is 11.7. The van der Waals surface area contributed by atoms with Crippen LogP contribution >= 0.6 is 11.8 Å². The molecule has 1 atom stereocenters. The smallest absolute Gasteiger partial charge is 0.318 e. The molecule has 1 aromatic heterocycles. The summed E-state index contributed by atoms with van der Waals surface area (Å²) in [4.78, 5) is 22.5. The number of primary amides is 1. The molecule has 0 radical (unpaired) electrons. The Morgan fingerprint density at radius 1 is 1.32 bits per heavy atom. The van der Waals surface area contributed by atoms with Gasteiger partial charge in [-0.05, 0) is 13.8 Å². The molecule has 1 heterocycles. The number of carbonyl (C=O) groups is 2. The van der Waals surface area contributed by atoms with E-state index in [1.807, 2.05) is 41.8 Å². The Bertz CT molecular complexity index is 671. The second-order valence-corrected chi connectivity index (χ2v) is 5.84. The average Bonchev–Trinajstić information content (AvgIpc) is 2.90. The number of nitrogens with two attached hydrogens (primary N) is 1. The molecule has 0 spiro atoms. The van der Waals surface area contributed by atoms with E-state index in [9.17, 15) is 9.59 Å². The van der Waals surface area contributed by atoms with Crippen molar-refractivity contribution in [1.82, 2.24) is 20.1 Å². The number of imide groups is 1. The number of thioether (sulfide) groups is 1. The molecule has 2 aromatic rings. The van der Waals surface area contributed by atoms with Crippen LogP contribution in [0.3, 0.4) is 0 Å². The van der Waals surface area contributed by atoms with Gasteiger partial charge in [-0.1, -0.05) is 42.1 Å². The van der Waals surface area contributed by atoms with Crippen LogP contribution in [-0.4, -0.2) is 32.0 Å². The van der Waals surface area contributed by atoms with Crippen LogP contribution in [-0.2, 0) is 11.3 Å². The lowest BCUT2D eigenvalue weighted by Gasteiger charge is -2.11. The summed E-state index contributed by atoms with van der Waals surface area (Å²) in [5.41, 5.74) is 5.90. The monoisotopic (exact) mass is 319 g/mol. The van der Waals surface area contributed by atoms with Crippen LogP contribution in [0.4, 0.5) is 4.79 Å². The lowest BCUT2D eigenvalue weighted by molar-refractivity contribution is -0.119. The van der Waals surface area contributed by atoms with Crippen LogP contribution < -0.4 is 11.1 Å². The van der Waals surface area contributed by atoms with Gasteiger partial charge in [-0.3, -0.25) is 10.1 Å². The second kappa shape index (κ2) is 7.08. The first-order chi connectivity index (χ1) is 10.5. The van der Waals surface area contributed by atoms with Gasteiger partial charge in [0.25, 0.3) is 0 Å². The van der Waals surface area contributed by atoms with E-state index in [2.05, 4.69) is 15.5 Å². The number of hydrogen-bond acceptors (Lipinski definition) is 5. The minimum atomic E-state index is -0.862. The summed E-state index contributed by atoms with van der Waals surface area (Å²) in [6.45, 7) is 4.33. The number of amides is 3. The van der Waals surface area contributed by atoms with Gasteiger partial charge in [0.1, 0.15) is 0 Å². The summed E-state index contributed by atoms with van der Waals surface area (Å²) in [6, 6.07) is 8.84. The number of hydrogen-bond donors (Lipinski definition) is 2. The minimum absolute atomic E-state index is 0.454. The number of aromatic nitrogens is 3. The third-order valence-corrected chi connectivity index (χ3v) is 4.04. The predicted molar refractivity (Wildman–Crippen MR) is 84.2 cm³/mol. The zero-order chi connectivity index (χ0) is 16.1. The Labute approximate surface area is 132 Å². The lowest BCUT2D eigenvalue weighted by atomic mass is 10.2. The molecular weight excluding hydrogens is 302 g/mol. The first-order valence-corrected chi connectivity index (χ1v) is 7.66. The molecule has 0 unspecified atom stereocenters. The predicted octanol–water partition coefficient (Wildman–Crippen LogP) is 1.64. The molecule has 3 N–H and O–H groups in total. The maximum atomic E-state index is 11.7. The molecule has 1 aromatic carbocycles. The number of rotatable bonds is 5. The van der Waals surface area contributed by atoms with Crippen LogP contribution in [0.25, 0.3) is 11.4 Å². The molecule has 116 valence electrons. The van der Waals surface area contributed by atoms with E-state index < -0.39 is 17.2 Å². The fourth-order valence-corrected chi connectivity index (χ4v) is 2.81. The third kappa shape index (κ3) is 3.64. The van der Waals surface area contributed by atoms with Crippen molar-refractivity contribution in [3.05, 3.63) is 30.3 Å². The first-order valence-electron chi connectivity index (χ1n) is 6.78. The number of nitrogens with zero attached hydrogens (tertiary/aromatic N) is 3. The fourth-order valence-electron chi connectivity index (χ4n) is 1.90. The van der Waals surface area contributed by atoms with Gasteiger partial charge in [-0.25, -0.2) is 4.79 Å². The molecule has 0 aliphatic rings. The molecule has 0 aliphatic heterocycles. The van der Waals surface area contributed by atoms with Crippen molar-refractivity contribution in [2.75, 3.05) is 0 Å². The molecule has 0 saturated carbocycles. The van der Waals surface area contributed by atoms with Crippen molar-refractivity contribution in [2.45, 2.75) is 30.8 Å². The summed E-state index contributed by atoms with van der Waals surface area (Å²) in [5, 5.41) is 10.5. The van der Waals surface area contributed by atoms with Gasteiger partial charge in [-0.15, -0.1) is 10.2 Å². The molecule has 7 nitrogen and oxygen atoms in total. The van der Waals surface area contributed by atoms with Crippen molar-refractivity contribution < 1.29 is 9.59 Å². The van der Waals surface area contributed by atoms with Crippen molar-refractivity contribution in [2.24, 2.45) is 5.73 Å². The lowest BCUT2D eigenvalue weighted by Crippen LogP contribution is -2.39. The van der Waals surface area contributed by atoms with E-state index in [-0.39, 0.29) is 0 Å². The van der Waals surface area contributed by atoms with Crippen molar-refractivity contribution in [3.8, 4) is 11.4 Å². The van der Waals surface area contributed by atoms with Gasteiger partial charge >= 0.3 is 6.03 Å². The summed E-state index contributed by atoms with van der Waals surface area (Å²) >= 11 is 1.23. The van der Waals surface area contributed by atoms with E-state index in [0.717, 1.165) is 11.4 Å². The highest BCUT2D eigenvalue weighted by molar-refractivity contribution is 8.00. The number of carbonyl (C=O) groups excluding carboxylic acids is 2. The Balaban J connectivity index is 2.21. The van der Waals surface area contributed by atoms with Gasteiger partial charge < -0.3 is 10.3 Å². The van der Waals surface area contributed by atoms with E-state index in [1.54, 1.807) is 6.92 Å². The van der Waals surface area contributed by atoms with Gasteiger partial charge in [-0.2, -0.15) is 0 Å². The van der Waals surface area contributed by atoms with Gasteiger partial charge in [0.2, 0.25) is 5.91 Å². The van der Waals surface area contributed by atoms with E-state index in [4.69, 9.17) is 5.73 Å². The quantitative estimate of drug-likeness (QED) is 0.816. The highest BCUT2D eigenvalue weighted by Crippen LogP contribution is 2.26. The highest BCUT2D eigenvalue weighted by Gasteiger charge is 2.20. The topological polar surface area (TPSA) is 103 Å². The van der Waals surface area contributed by atoms with Gasteiger partial charge in [0.15, 0.2) is 11.0 Å². The summed E-state index contributed by atoms with van der Waals surface area (Å²) in [7, 11) is 0. The van der Waals surface area contributed by atoms with E-state index in [1.165, 1.54) is 11.8 Å². The average molecular weight is 319 g/mol. The normalized spacial score (nSPS) is 11.9. The van der Waals surface area contributed by atoms with Crippen LogP contribution in [0.15, 0.2) is 35.5 Å². The number of urea groups is 1. The molecule has 0 bridgehead atoms. The van der Waals surface area contributed by atoms with E-state index in [0.29, 0.717) is 11.7 Å². The molecule has 3 amide bonds. The molecule has 0 fully saturated rings. The Kier molecular flexibility index (Phi) is 5.16. The van der Waals surface area contributed by atoms with Gasteiger partial charge in [0.05, 0.1) is 5.25 Å². The fraction of sp³-hybridized carbons (Fsp3) is 0.286. The molecule has 0 saturated heterocycles. The molecule has 2 rings (SSSR count). The first kappa shape index (κ1) is 16.0. The third-order valence-electron chi connectivity index (χ3n) is 2.96. The minimum Gasteiger partial charge on any atom is -0.351 e. The van der Waals surface area contributed by atoms with Crippen LogP contribution in [0.1, 0.15) is 13.8 Å². The Morgan fingerprint density at radius 3 is 2.59 bits per heavy atom. The van der Waals surface area contributed by atoms with Crippen molar-refractivity contribution >= 4 is 23.7 Å². The summed E-state index contributed by atoms with van der Waals surface area (Å²) in [5.74, 6) is 0.289. The summed E-state index contributed by atoms with van der Waals surface area (Å²) < 4.78 is 1.92. The maximum Gasteiger partial charge on any atom is 0.318 e. The Hall–Kier alpha value is -2.35. The second-order valence-electron chi connectivity index (χ2n) is 4.53. The zero-order valence-corrected chi connectivity index (χ0v) is 13.1. The molecule has 22 heavy (non-hydrogen) atoms. The number of benzene rings is 1. The van der Waals surface area contributed by atoms with E-state index >= 15 is 0 Å². The Morgan fingerprint density at radius 2 is 2.00 bits per heavy atom. The van der Waals surface area contributed by atoms with Crippen LogP contribution in [0.2, 0.25) is 0 Å². The molecular formula is C14H17N5O2S. The number of nitrogens with one attached hydrogen (secondary N) is 1. The standard InChI is InChI=1S/C14H17N5O2S/c1-3-19-11(10-7-5-4-6-8-10)17-18-14(19)22-9(2)12(20)16-13(15)21/h4-9H,3H2,1-2H3,(H3,15,16,20,21)/t9-/m0/s1.